The summed E-state index contributed by atoms with van der Waals surface area (Å²) in [6, 6.07) is 2.82. The molecule has 0 amide bonds. The predicted molar refractivity (Wildman–Crippen MR) is 47.2 cm³/mol. The highest BCUT2D eigenvalue weighted by atomic mass is 15.1. The van der Waals surface area contributed by atoms with Gasteiger partial charge in [-0.1, -0.05) is 0 Å². The summed E-state index contributed by atoms with van der Waals surface area (Å²) in [4.78, 5) is 2.26. The van der Waals surface area contributed by atoms with E-state index in [1.54, 1.807) is 0 Å². The molecule has 11 heavy (non-hydrogen) atoms. The van der Waals surface area contributed by atoms with E-state index in [1.807, 2.05) is 6.92 Å². The van der Waals surface area contributed by atoms with Gasteiger partial charge in [-0.25, -0.2) is 0 Å². The van der Waals surface area contributed by atoms with Crippen LogP contribution in [0.1, 0.15) is 27.2 Å². The first-order chi connectivity index (χ1) is 5.07. The molecule has 0 N–H and O–H groups in total. The van der Waals surface area contributed by atoms with Crippen LogP contribution in [0.3, 0.4) is 0 Å². The van der Waals surface area contributed by atoms with E-state index in [1.165, 1.54) is 0 Å². The maximum Gasteiger partial charge on any atom is 0.0653 e. The molecule has 0 radical (unpaired) electrons. The number of nitrogens with zero attached hydrogens (tertiary/aromatic N) is 2. The van der Waals surface area contributed by atoms with Crippen LogP contribution in [0.25, 0.3) is 0 Å². The van der Waals surface area contributed by atoms with E-state index in [4.69, 9.17) is 5.26 Å². The Balaban J connectivity index is 3.47. The van der Waals surface area contributed by atoms with Crippen molar-refractivity contribution in [2.75, 3.05) is 13.6 Å². The summed E-state index contributed by atoms with van der Waals surface area (Å²) in [5.74, 6) is 0.191. The van der Waals surface area contributed by atoms with Crippen LogP contribution in [-0.2, 0) is 0 Å². The fraction of sp³-hybridized carbons (Fsp3) is 0.889. The van der Waals surface area contributed by atoms with Crippen LogP contribution in [0.5, 0.6) is 0 Å². The van der Waals surface area contributed by atoms with Gasteiger partial charge in [0.15, 0.2) is 0 Å². The number of rotatable bonds is 4. The van der Waals surface area contributed by atoms with E-state index in [0.717, 1.165) is 13.0 Å². The Labute approximate surface area is 69.8 Å². The van der Waals surface area contributed by atoms with Crippen LogP contribution in [-0.4, -0.2) is 24.5 Å². The van der Waals surface area contributed by atoms with Gasteiger partial charge < -0.3 is 4.90 Å². The van der Waals surface area contributed by atoms with Crippen LogP contribution in [0.15, 0.2) is 0 Å². The molecule has 0 aliphatic carbocycles. The molecule has 0 spiro atoms. The first-order valence-corrected chi connectivity index (χ1v) is 4.17. The monoisotopic (exact) mass is 154 g/mol. The summed E-state index contributed by atoms with van der Waals surface area (Å²) < 4.78 is 0. The van der Waals surface area contributed by atoms with Crippen molar-refractivity contribution < 1.29 is 0 Å². The summed E-state index contributed by atoms with van der Waals surface area (Å²) in [6.45, 7) is 7.31. The minimum Gasteiger partial charge on any atom is -0.304 e. The molecule has 0 aromatic carbocycles. The molecule has 2 nitrogen and oxygen atoms in total. The molecular formula is C9H18N2. The Kier molecular flexibility index (Phi) is 4.89. The van der Waals surface area contributed by atoms with Gasteiger partial charge >= 0.3 is 0 Å². The molecule has 0 saturated carbocycles. The molecule has 0 rings (SSSR count). The van der Waals surface area contributed by atoms with Crippen molar-refractivity contribution in [2.45, 2.75) is 33.2 Å². The van der Waals surface area contributed by atoms with Gasteiger partial charge in [-0.2, -0.15) is 5.26 Å². The summed E-state index contributed by atoms with van der Waals surface area (Å²) in [7, 11) is 2.09. The van der Waals surface area contributed by atoms with Crippen molar-refractivity contribution in [3.63, 3.8) is 0 Å². The summed E-state index contributed by atoms with van der Waals surface area (Å²) in [6.07, 6.45) is 0.977. The molecule has 0 aromatic rings. The first-order valence-electron chi connectivity index (χ1n) is 4.17. The Morgan fingerprint density at radius 2 is 1.91 bits per heavy atom. The third kappa shape index (κ3) is 4.80. The molecule has 0 bridgehead atoms. The molecule has 64 valence electrons. The number of nitriles is 1. The van der Waals surface area contributed by atoms with Gasteiger partial charge in [0.1, 0.15) is 0 Å². The summed E-state index contributed by atoms with van der Waals surface area (Å²) >= 11 is 0. The second-order valence-corrected chi connectivity index (χ2v) is 3.39. The van der Waals surface area contributed by atoms with Crippen LogP contribution >= 0.6 is 0 Å². The molecular weight excluding hydrogens is 136 g/mol. The maximum absolute atomic E-state index is 8.52. The molecule has 0 aliphatic heterocycles. The standard InChI is InChI=1S/C9H18N2/c1-8(2)11(4)6-5-9(3)7-10/h8-9H,5-6H2,1-4H3. The lowest BCUT2D eigenvalue weighted by molar-refractivity contribution is 0.262. The first kappa shape index (κ1) is 10.4. The molecule has 1 atom stereocenters. The zero-order valence-corrected chi connectivity index (χ0v) is 7.96. The lowest BCUT2D eigenvalue weighted by atomic mass is 10.1. The van der Waals surface area contributed by atoms with Crippen LogP contribution in [0.2, 0.25) is 0 Å². The zero-order valence-electron chi connectivity index (χ0n) is 7.96. The fourth-order valence-corrected chi connectivity index (χ4v) is 0.720. The van der Waals surface area contributed by atoms with Crippen molar-refractivity contribution >= 4 is 0 Å². The normalized spacial score (nSPS) is 13.5. The SMILES string of the molecule is CC(C#N)CCN(C)C(C)C. The molecule has 0 aromatic heterocycles. The number of hydrogen-bond acceptors (Lipinski definition) is 2. The van der Waals surface area contributed by atoms with E-state index in [9.17, 15) is 0 Å². The van der Waals surface area contributed by atoms with Crippen molar-refractivity contribution in [3.8, 4) is 6.07 Å². The van der Waals surface area contributed by atoms with Crippen molar-refractivity contribution in [2.24, 2.45) is 5.92 Å². The summed E-state index contributed by atoms with van der Waals surface area (Å²) in [5, 5.41) is 8.52. The third-order valence-electron chi connectivity index (χ3n) is 2.02. The molecule has 1 unspecified atom stereocenters. The predicted octanol–water partition coefficient (Wildman–Crippen LogP) is 1.88. The molecule has 0 saturated heterocycles. The fourth-order valence-electron chi connectivity index (χ4n) is 0.720. The minimum atomic E-state index is 0.191. The van der Waals surface area contributed by atoms with Gasteiger partial charge in [0.05, 0.1) is 6.07 Å². The zero-order chi connectivity index (χ0) is 8.85. The van der Waals surface area contributed by atoms with Gasteiger partial charge in [0, 0.05) is 12.0 Å². The van der Waals surface area contributed by atoms with Gasteiger partial charge in [-0.3, -0.25) is 0 Å². The minimum absolute atomic E-state index is 0.191. The highest BCUT2D eigenvalue weighted by molar-refractivity contribution is 4.79. The van der Waals surface area contributed by atoms with Gasteiger partial charge in [-0.05, 0) is 40.8 Å². The van der Waals surface area contributed by atoms with Crippen LogP contribution in [0, 0.1) is 17.2 Å². The van der Waals surface area contributed by atoms with E-state index >= 15 is 0 Å². The third-order valence-corrected chi connectivity index (χ3v) is 2.02. The van der Waals surface area contributed by atoms with Crippen LogP contribution in [0.4, 0.5) is 0 Å². The molecule has 0 heterocycles. The van der Waals surface area contributed by atoms with Gasteiger partial charge in [0.2, 0.25) is 0 Å². The average molecular weight is 154 g/mol. The van der Waals surface area contributed by atoms with Gasteiger partial charge in [-0.15, -0.1) is 0 Å². The van der Waals surface area contributed by atoms with E-state index in [2.05, 4.69) is 31.9 Å². The Bertz CT molecular complexity index is 135. The molecule has 0 aliphatic rings. The lowest BCUT2D eigenvalue weighted by Gasteiger charge is -2.21. The Hall–Kier alpha value is -0.550. The largest absolute Gasteiger partial charge is 0.304 e. The Morgan fingerprint density at radius 3 is 2.27 bits per heavy atom. The van der Waals surface area contributed by atoms with Crippen molar-refractivity contribution in [3.05, 3.63) is 0 Å². The second kappa shape index (κ2) is 5.15. The number of hydrogen-bond donors (Lipinski definition) is 0. The van der Waals surface area contributed by atoms with Crippen molar-refractivity contribution in [1.82, 2.24) is 4.90 Å². The van der Waals surface area contributed by atoms with E-state index < -0.39 is 0 Å². The highest BCUT2D eigenvalue weighted by Crippen LogP contribution is 2.02. The topological polar surface area (TPSA) is 27.0 Å². The van der Waals surface area contributed by atoms with Gasteiger partial charge in [0.25, 0.3) is 0 Å². The highest BCUT2D eigenvalue weighted by Gasteiger charge is 2.05. The lowest BCUT2D eigenvalue weighted by Crippen LogP contribution is -2.28. The summed E-state index contributed by atoms with van der Waals surface area (Å²) in [5.41, 5.74) is 0. The molecule has 2 heteroatoms. The quantitative estimate of drug-likeness (QED) is 0.618. The Morgan fingerprint density at radius 1 is 1.36 bits per heavy atom. The maximum atomic E-state index is 8.52. The van der Waals surface area contributed by atoms with Crippen molar-refractivity contribution in [1.29, 1.82) is 5.26 Å². The average Bonchev–Trinajstić information content (AvgIpc) is 1.99. The van der Waals surface area contributed by atoms with Crippen LogP contribution < -0.4 is 0 Å². The smallest absolute Gasteiger partial charge is 0.0653 e. The van der Waals surface area contributed by atoms with E-state index in [-0.39, 0.29) is 5.92 Å². The molecule has 0 fully saturated rings. The second-order valence-electron chi connectivity index (χ2n) is 3.39. The van der Waals surface area contributed by atoms with E-state index in [0.29, 0.717) is 6.04 Å².